The third-order valence-corrected chi connectivity index (χ3v) is 3.37. The van der Waals surface area contributed by atoms with E-state index in [1.807, 2.05) is 6.07 Å². The van der Waals surface area contributed by atoms with Crippen molar-refractivity contribution in [3.63, 3.8) is 0 Å². The van der Waals surface area contributed by atoms with Gasteiger partial charge in [-0.2, -0.15) is 0 Å². The summed E-state index contributed by atoms with van der Waals surface area (Å²) in [6.07, 6.45) is 5.19. The Hall–Kier alpha value is -0.0100. The maximum Gasteiger partial charge on any atom is 0.0931 e. The number of aryl methyl sites for hydroxylation is 1. The van der Waals surface area contributed by atoms with E-state index in [-0.39, 0.29) is 0 Å². The lowest BCUT2D eigenvalue weighted by molar-refractivity contribution is 0.539. The topological polar surface area (TPSA) is 0 Å². The molecule has 0 spiro atoms. The molecule has 0 unspecified atom stereocenters. The molecule has 0 fully saturated rings. The average molecular weight is 217 g/mol. The third-order valence-electron chi connectivity index (χ3n) is 2.08. The molecule has 13 heavy (non-hydrogen) atoms. The molecule has 0 N–H and O–H groups in total. The van der Waals surface area contributed by atoms with Crippen LogP contribution in [0.15, 0.2) is 12.1 Å². The molecule has 0 bridgehead atoms. The van der Waals surface area contributed by atoms with Crippen LogP contribution in [0, 0.1) is 5.92 Å². The van der Waals surface area contributed by atoms with E-state index in [1.165, 1.54) is 30.6 Å². The van der Waals surface area contributed by atoms with Crippen molar-refractivity contribution in [2.24, 2.45) is 5.92 Å². The highest BCUT2D eigenvalue weighted by atomic mass is 35.5. The second kappa shape index (κ2) is 5.66. The zero-order chi connectivity index (χ0) is 9.68. The minimum absolute atomic E-state index is 0.840. The van der Waals surface area contributed by atoms with Gasteiger partial charge < -0.3 is 0 Å². The van der Waals surface area contributed by atoms with Gasteiger partial charge in [0, 0.05) is 4.88 Å². The van der Waals surface area contributed by atoms with Crippen LogP contribution in [0.1, 0.15) is 38.0 Å². The minimum atomic E-state index is 0.840. The van der Waals surface area contributed by atoms with Gasteiger partial charge in [-0.3, -0.25) is 0 Å². The third kappa shape index (κ3) is 4.68. The molecule has 0 saturated heterocycles. The summed E-state index contributed by atoms with van der Waals surface area (Å²) in [6, 6.07) is 4.13. The van der Waals surface area contributed by atoms with Gasteiger partial charge in [-0.15, -0.1) is 11.3 Å². The summed E-state index contributed by atoms with van der Waals surface area (Å²) >= 11 is 7.55. The Balaban J connectivity index is 2.13. The molecule has 0 aliphatic heterocycles. The van der Waals surface area contributed by atoms with Crippen molar-refractivity contribution in [1.29, 1.82) is 0 Å². The summed E-state index contributed by atoms with van der Waals surface area (Å²) in [4.78, 5) is 1.42. The van der Waals surface area contributed by atoms with Crippen molar-refractivity contribution in [3.05, 3.63) is 21.3 Å². The van der Waals surface area contributed by atoms with E-state index in [0.717, 1.165) is 10.3 Å². The molecule has 0 radical (unpaired) electrons. The molecular weight excluding hydrogens is 200 g/mol. The first-order valence-electron chi connectivity index (χ1n) is 4.92. The molecule has 0 aliphatic carbocycles. The predicted molar refractivity (Wildman–Crippen MR) is 61.7 cm³/mol. The highest BCUT2D eigenvalue weighted by Gasteiger charge is 1.98. The quantitative estimate of drug-likeness (QED) is 0.622. The van der Waals surface area contributed by atoms with Crippen molar-refractivity contribution in [2.75, 3.05) is 0 Å². The van der Waals surface area contributed by atoms with E-state index < -0.39 is 0 Å². The van der Waals surface area contributed by atoms with Crippen molar-refractivity contribution in [1.82, 2.24) is 0 Å². The Bertz CT molecular complexity index is 240. The fourth-order valence-electron chi connectivity index (χ4n) is 1.34. The van der Waals surface area contributed by atoms with Gasteiger partial charge in [-0.1, -0.05) is 38.3 Å². The Morgan fingerprint density at radius 2 is 2.08 bits per heavy atom. The molecule has 74 valence electrons. The van der Waals surface area contributed by atoms with Gasteiger partial charge in [0.25, 0.3) is 0 Å². The summed E-state index contributed by atoms with van der Waals surface area (Å²) in [5, 5.41) is 0. The minimum Gasteiger partial charge on any atom is -0.128 e. The maximum absolute atomic E-state index is 5.84. The van der Waals surface area contributed by atoms with Crippen molar-refractivity contribution in [2.45, 2.75) is 39.5 Å². The van der Waals surface area contributed by atoms with Crippen molar-refractivity contribution < 1.29 is 0 Å². The molecule has 1 aromatic heterocycles. The zero-order valence-corrected chi connectivity index (χ0v) is 9.92. The summed E-state index contributed by atoms with van der Waals surface area (Å²) in [7, 11) is 0. The van der Waals surface area contributed by atoms with Gasteiger partial charge in [0.2, 0.25) is 0 Å². The predicted octanol–water partition coefficient (Wildman–Crippen LogP) is 4.77. The first kappa shape index (κ1) is 11.1. The molecule has 1 aromatic rings. The second-order valence-electron chi connectivity index (χ2n) is 3.85. The monoisotopic (exact) mass is 216 g/mol. The molecular formula is C11H17ClS. The van der Waals surface area contributed by atoms with E-state index in [2.05, 4.69) is 19.9 Å². The number of hydrogen-bond donors (Lipinski definition) is 0. The summed E-state index contributed by atoms with van der Waals surface area (Å²) in [5.74, 6) is 0.840. The highest BCUT2D eigenvalue weighted by Crippen LogP contribution is 2.23. The van der Waals surface area contributed by atoms with E-state index in [9.17, 15) is 0 Å². The molecule has 1 heterocycles. The molecule has 0 aliphatic rings. The number of hydrogen-bond acceptors (Lipinski definition) is 1. The van der Waals surface area contributed by atoms with Crippen LogP contribution in [-0.4, -0.2) is 0 Å². The molecule has 0 aromatic carbocycles. The lowest BCUT2D eigenvalue weighted by Gasteiger charge is -2.02. The molecule has 0 saturated carbocycles. The van der Waals surface area contributed by atoms with Crippen LogP contribution >= 0.6 is 22.9 Å². The van der Waals surface area contributed by atoms with Gasteiger partial charge in [0.1, 0.15) is 0 Å². The van der Waals surface area contributed by atoms with Gasteiger partial charge in [-0.05, 0) is 30.9 Å². The Kier molecular flexibility index (Phi) is 4.82. The van der Waals surface area contributed by atoms with E-state index in [0.29, 0.717) is 0 Å². The smallest absolute Gasteiger partial charge is 0.0931 e. The first-order valence-corrected chi connectivity index (χ1v) is 6.12. The number of thiophene rings is 1. The van der Waals surface area contributed by atoms with Crippen LogP contribution in [0.25, 0.3) is 0 Å². The lowest BCUT2D eigenvalue weighted by Crippen LogP contribution is -1.88. The lowest BCUT2D eigenvalue weighted by atomic mass is 10.1. The van der Waals surface area contributed by atoms with Crippen LogP contribution in [0.2, 0.25) is 4.34 Å². The molecule has 0 nitrogen and oxygen atoms in total. The van der Waals surface area contributed by atoms with Crippen LogP contribution in [0.5, 0.6) is 0 Å². The largest absolute Gasteiger partial charge is 0.128 e. The van der Waals surface area contributed by atoms with Gasteiger partial charge in [0.05, 0.1) is 4.34 Å². The first-order chi connectivity index (χ1) is 6.18. The molecule has 2 heteroatoms. The van der Waals surface area contributed by atoms with E-state index in [1.54, 1.807) is 11.3 Å². The van der Waals surface area contributed by atoms with Crippen molar-refractivity contribution >= 4 is 22.9 Å². The number of rotatable bonds is 5. The Morgan fingerprint density at radius 1 is 1.31 bits per heavy atom. The standard InChI is InChI=1S/C11H17ClS/c1-9(2)5-3-4-6-10-7-8-11(12)13-10/h7-9H,3-6H2,1-2H3. The van der Waals surface area contributed by atoms with Crippen LogP contribution in [-0.2, 0) is 6.42 Å². The van der Waals surface area contributed by atoms with Crippen LogP contribution in [0.4, 0.5) is 0 Å². The van der Waals surface area contributed by atoms with Gasteiger partial charge in [-0.25, -0.2) is 0 Å². The van der Waals surface area contributed by atoms with Gasteiger partial charge >= 0.3 is 0 Å². The van der Waals surface area contributed by atoms with Crippen LogP contribution < -0.4 is 0 Å². The number of unbranched alkanes of at least 4 members (excludes halogenated alkanes) is 1. The number of halogens is 1. The Labute approximate surface area is 89.9 Å². The normalized spacial score (nSPS) is 11.1. The average Bonchev–Trinajstić information content (AvgIpc) is 2.45. The summed E-state index contributed by atoms with van der Waals surface area (Å²) in [6.45, 7) is 4.56. The Morgan fingerprint density at radius 3 is 2.62 bits per heavy atom. The highest BCUT2D eigenvalue weighted by molar-refractivity contribution is 7.16. The fraction of sp³-hybridized carbons (Fsp3) is 0.636. The summed E-state index contributed by atoms with van der Waals surface area (Å²) in [5.41, 5.74) is 0. The maximum atomic E-state index is 5.84. The van der Waals surface area contributed by atoms with Crippen LogP contribution in [0.3, 0.4) is 0 Å². The SMILES string of the molecule is CC(C)CCCCc1ccc(Cl)s1. The second-order valence-corrected chi connectivity index (χ2v) is 5.65. The molecule has 0 atom stereocenters. The zero-order valence-electron chi connectivity index (χ0n) is 8.35. The van der Waals surface area contributed by atoms with Crippen molar-refractivity contribution in [3.8, 4) is 0 Å². The fourth-order valence-corrected chi connectivity index (χ4v) is 2.47. The molecule has 0 amide bonds. The van der Waals surface area contributed by atoms with E-state index >= 15 is 0 Å². The molecule has 1 rings (SSSR count). The van der Waals surface area contributed by atoms with E-state index in [4.69, 9.17) is 11.6 Å². The summed E-state index contributed by atoms with van der Waals surface area (Å²) < 4.78 is 0.916. The van der Waals surface area contributed by atoms with Gasteiger partial charge in [0.15, 0.2) is 0 Å².